The quantitative estimate of drug-likeness (QED) is 0.549. The molecule has 0 aliphatic heterocycles. The lowest BCUT2D eigenvalue weighted by Crippen LogP contribution is -1.67. The average Bonchev–Trinajstić information content (AvgIpc) is 1.85. The minimum absolute atomic E-state index is 0.600. The maximum Gasteiger partial charge on any atom is 0.426 e. The molecular formula is C6H12ClNP+. The van der Waals surface area contributed by atoms with Crippen LogP contribution >= 0.6 is 18.7 Å². The van der Waals surface area contributed by atoms with Gasteiger partial charge in [-0.05, 0) is 13.3 Å². The number of nitrogens with zero attached hydrogens (tertiary/aromatic N) is 1. The first-order chi connectivity index (χ1) is 4.31. The van der Waals surface area contributed by atoms with Crippen LogP contribution in [0.2, 0.25) is 0 Å². The third kappa shape index (κ3) is 6.09. The molecule has 0 N–H and O–H groups in total. The average molecular weight is 165 g/mol. The van der Waals surface area contributed by atoms with Gasteiger partial charge in [-0.1, -0.05) is 11.5 Å². The van der Waals surface area contributed by atoms with E-state index in [1.54, 1.807) is 0 Å². The topological polar surface area (TPSA) is 4.36 Å². The smallest absolute Gasteiger partial charge is 0.0647 e. The van der Waals surface area contributed by atoms with Crippen molar-refractivity contribution in [3.8, 4) is 6.07 Å². The molecule has 0 aromatic heterocycles. The third-order valence-corrected chi connectivity index (χ3v) is 2.65. The maximum atomic E-state index is 5.80. The molecule has 0 aliphatic rings. The Bertz CT molecular complexity index is 116. The molecule has 0 amide bonds. The zero-order valence-corrected chi connectivity index (χ0v) is 7.54. The Labute approximate surface area is 62.8 Å². The monoisotopic (exact) mass is 164 g/mol. The molecule has 1 atom stereocenters. The highest BCUT2D eigenvalue weighted by Crippen LogP contribution is 2.43. The summed E-state index contributed by atoms with van der Waals surface area (Å²) in [5.74, 6) is 0. The Hall–Kier alpha value is 0.210. The molecule has 52 valence electrons. The van der Waals surface area contributed by atoms with Crippen LogP contribution in [0.5, 0.6) is 0 Å². The second-order valence-electron chi connectivity index (χ2n) is 1.67. The standard InChI is InChI=1S/C6H12ClNP/c1-3-5-8-9(7)6-4-2/h3-4,6H2,1-2H3/q+1. The number of hydrogen-bond acceptors (Lipinski definition) is 0. The van der Waals surface area contributed by atoms with Crippen LogP contribution in [0.3, 0.4) is 0 Å². The van der Waals surface area contributed by atoms with E-state index < -0.39 is 7.43 Å². The van der Waals surface area contributed by atoms with Gasteiger partial charge in [0.05, 0.1) is 12.6 Å². The lowest BCUT2D eigenvalue weighted by molar-refractivity contribution is 1.10. The summed E-state index contributed by atoms with van der Waals surface area (Å²) in [5.41, 5.74) is 0. The molecule has 1 nitrogen and oxygen atoms in total. The van der Waals surface area contributed by atoms with Gasteiger partial charge in [0.15, 0.2) is 0 Å². The van der Waals surface area contributed by atoms with Gasteiger partial charge >= 0.3 is 7.43 Å². The van der Waals surface area contributed by atoms with Gasteiger partial charge in [-0.25, -0.2) is 0 Å². The Balaban J connectivity index is 3.36. The molecule has 3 heteroatoms. The van der Waals surface area contributed by atoms with Crippen molar-refractivity contribution in [3.05, 3.63) is 4.62 Å². The van der Waals surface area contributed by atoms with E-state index in [2.05, 4.69) is 17.6 Å². The zero-order chi connectivity index (χ0) is 7.11. The zero-order valence-electron chi connectivity index (χ0n) is 5.89. The molecule has 0 rings (SSSR count). The van der Waals surface area contributed by atoms with Gasteiger partial charge in [-0.3, -0.25) is 0 Å². The minimum Gasteiger partial charge on any atom is -0.0647 e. The first-order valence-electron chi connectivity index (χ1n) is 3.18. The summed E-state index contributed by atoms with van der Waals surface area (Å²) in [5, 5.41) is 0. The minimum atomic E-state index is -0.600. The summed E-state index contributed by atoms with van der Waals surface area (Å²) in [7, 11) is -0.600. The Kier molecular flexibility index (Phi) is 6.48. The highest BCUT2D eigenvalue weighted by Gasteiger charge is 2.12. The van der Waals surface area contributed by atoms with Gasteiger partial charge in [-0.15, -0.1) is 0 Å². The van der Waals surface area contributed by atoms with Crippen molar-refractivity contribution in [1.82, 2.24) is 0 Å². The van der Waals surface area contributed by atoms with Crippen molar-refractivity contribution >= 4 is 18.7 Å². The molecule has 0 saturated heterocycles. The van der Waals surface area contributed by atoms with Crippen LogP contribution in [-0.2, 0) is 0 Å². The Morgan fingerprint density at radius 2 is 2.22 bits per heavy atom. The fourth-order valence-electron chi connectivity index (χ4n) is 0.382. The second-order valence-corrected chi connectivity index (χ2v) is 4.16. The van der Waals surface area contributed by atoms with E-state index in [1.807, 2.05) is 6.92 Å². The molecule has 0 fully saturated rings. The summed E-state index contributed by atoms with van der Waals surface area (Å²) in [6.45, 7) is 4.12. The van der Waals surface area contributed by atoms with E-state index in [4.69, 9.17) is 11.2 Å². The molecule has 0 aliphatic carbocycles. The summed E-state index contributed by atoms with van der Waals surface area (Å²) in [6.07, 6.45) is 3.00. The largest absolute Gasteiger partial charge is 0.426 e. The SMILES string of the molecule is CCC#[N+]P(Cl)CCC. The van der Waals surface area contributed by atoms with Crippen molar-refractivity contribution in [1.29, 1.82) is 0 Å². The molecular weight excluding hydrogens is 152 g/mol. The second kappa shape index (κ2) is 6.33. The van der Waals surface area contributed by atoms with Crippen LogP contribution in [0.1, 0.15) is 26.7 Å². The van der Waals surface area contributed by atoms with E-state index in [-0.39, 0.29) is 0 Å². The predicted molar refractivity (Wildman–Crippen MR) is 45.5 cm³/mol. The Morgan fingerprint density at radius 1 is 1.56 bits per heavy atom. The van der Waals surface area contributed by atoms with Crippen molar-refractivity contribution in [3.63, 3.8) is 0 Å². The first kappa shape index (κ1) is 9.21. The molecule has 1 unspecified atom stereocenters. The predicted octanol–water partition coefficient (Wildman–Crippen LogP) is 3.69. The summed E-state index contributed by atoms with van der Waals surface area (Å²) in [6, 6.07) is 2.85. The molecule has 0 spiro atoms. The molecule has 0 aromatic carbocycles. The van der Waals surface area contributed by atoms with Crippen LogP contribution in [0.4, 0.5) is 0 Å². The van der Waals surface area contributed by atoms with E-state index in [0.29, 0.717) is 0 Å². The van der Waals surface area contributed by atoms with E-state index >= 15 is 0 Å². The molecule has 0 aromatic rings. The van der Waals surface area contributed by atoms with Crippen molar-refractivity contribution < 1.29 is 0 Å². The normalized spacial score (nSPS) is 11.9. The lowest BCUT2D eigenvalue weighted by Gasteiger charge is -1.80. The fourth-order valence-corrected chi connectivity index (χ4v) is 1.81. The lowest BCUT2D eigenvalue weighted by atomic mass is 10.6. The molecule has 9 heavy (non-hydrogen) atoms. The van der Waals surface area contributed by atoms with Gasteiger partial charge in [0, 0.05) is 11.2 Å². The van der Waals surface area contributed by atoms with Gasteiger partial charge in [0.2, 0.25) is 0 Å². The van der Waals surface area contributed by atoms with Crippen LogP contribution in [-0.4, -0.2) is 6.16 Å². The highest BCUT2D eigenvalue weighted by atomic mass is 35.7. The van der Waals surface area contributed by atoms with Crippen LogP contribution in [0.15, 0.2) is 0 Å². The fraction of sp³-hybridized carbons (Fsp3) is 0.833. The number of halogens is 1. The molecule has 0 bridgehead atoms. The van der Waals surface area contributed by atoms with E-state index in [1.165, 1.54) is 0 Å². The van der Waals surface area contributed by atoms with Crippen molar-refractivity contribution in [2.45, 2.75) is 26.7 Å². The van der Waals surface area contributed by atoms with Crippen LogP contribution in [0, 0.1) is 6.07 Å². The van der Waals surface area contributed by atoms with Crippen LogP contribution in [0.25, 0.3) is 4.62 Å². The van der Waals surface area contributed by atoms with Gasteiger partial charge in [0.25, 0.3) is 6.07 Å². The van der Waals surface area contributed by atoms with E-state index in [0.717, 1.165) is 19.0 Å². The summed E-state index contributed by atoms with van der Waals surface area (Å²) < 4.78 is 4.01. The Morgan fingerprint density at radius 3 is 2.67 bits per heavy atom. The highest BCUT2D eigenvalue weighted by molar-refractivity contribution is 7.85. The third-order valence-electron chi connectivity index (χ3n) is 0.745. The van der Waals surface area contributed by atoms with Gasteiger partial charge < -0.3 is 0 Å². The maximum absolute atomic E-state index is 5.80. The van der Waals surface area contributed by atoms with Gasteiger partial charge in [-0.2, -0.15) is 0 Å². The molecule has 0 heterocycles. The summed E-state index contributed by atoms with van der Waals surface area (Å²) >= 11 is 5.80. The number of rotatable bonds is 2. The molecule has 0 saturated carbocycles. The van der Waals surface area contributed by atoms with Crippen molar-refractivity contribution in [2.75, 3.05) is 6.16 Å². The van der Waals surface area contributed by atoms with Crippen LogP contribution < -0.4 is 0 Å². The first-order valence-corrected chi connectivity index (χ1v) is 5.56. The van der Waals surface area contributed by atoms with Crippen molar-refractivity contribution in [2.24, 2.45) is 0 Å². The summed E-state index contributed by atoms with van der Waals surface area (Å²) in [4.78, 5) is 0. The number of hydrogen-bond donors (Lipinski definition) is 0. The van der Waals surface area contributed by atoms with E-state index in [9.17, 15) is 0 Å². The van der Waals surface area contributed by atoms with Gasteiger partial charge in [0.1, 0.15) is 0 Å². The molecule has 0 radical (unpaired) electrons.